The minimum Gasteiger partial charge on any atom is -0.383 e. The van der Waals surface area contributed by atoms with Gasteiger partial charge in [0, 0.05) is 5.56 Å². The largest absolute Gasteiger partial charge is 0.383 e. The molecule has 3 aromatic rings. The molecule has 0 atom stereocenters. The summed E-state index contributed by atoms with van der Waals surface area (Å²) >= 11 is 0. The summed E-state index contributed by atoms with van der Waals surface area (Å²) in [5, 5.41) is 4.21. The van der Waals surface area contributed by atoms with Gasteiger partial charge < -0.3 is 5.73 Å². The van der Waals surface area contributed by atoms with Gasteiger partial charge in [0.15, 0.2) is 5.78 Å². The highest BCUT2D eigenvalue weighted by Gasteiger charge is 2.18. The van der Waals surface area contributed by atoms with Crippen LogP contribution in [0.4, 0.5) is 10.2 Å². The lowest BCUT2D eigenvalue weighted by atomic mass is 10.1. The Bertz CT molecular complexity index is 837. The van der Waals surface area contributed by atoms with Crippen LogP contribution in [0, 0.1) is 12.7 Å². The van der Waals surface area contributed by atoms with Gasteiger partial charge >= 0.3 is 0 Å². The molecule has 0 fully saturated rings. The molecule has 0 saturated carbocycles. The first-order valence-electron chi connectivity index (χ1n) is 6.77. The maximum atomic E-state index is 12.9. The topological polar surface area (TPSA) is 60.9 Å². The normalized spacial score (nSPS) is 10.6. The molecule has 5 heteroatoms. The zero-order chi connectivity index (χ0) is 15.7. The van der Waals surface area contributed by atoms with Crippen LogP contribution in [0.2, 0.25) is 0 Å². The first-order valence-corrected chi connectivity index (χ1v) is 6.77. The van der Waals surface area contributed by atoms with Crippen LogP contribution in [0.3, 0.4) is 0 Å². The minimum absolute atomic E-state index is 0.267. The SMILES string of the molecule is Cc1ccccc1-n1ncc(C(=O)c2ccc(F)cc2)c1N. The molecule has 110 valence electrons. The molecule has 0 bridgehead atoms. The van der Waals surface area contributed by atoms with E-state index >= 15 is 0 Å². The van der Waals surface area contributed by atoms with Gasteiger partial charge in [-0.15, -0.1) is 0 Å². The number of ketones is 1. The number of benzene rings is 2. The number of para-hydroxylation sites is 1. The number of nitrogen functional groups attached to an aromatic ring is 1. The lowest BCUT2D eigenvalue weighted by molar-refractivity contribution is 0.103. The molecular weight excluding hydrogens is 281 g/mol. The summed E-state index contributed by atoms with van der Waals surface area (Å²) in [5.41, 5.74) is 8.57. The molecular formula is C17H14FN3O. The fourth-order valence-electron chi connectivity index (χ4n) is 2.28. The van der Waals surface area contributed by atoms with E-state index in [2.05, 4.69) is 5.10 Å². The Morgan fingerprint density at radius 1 is 1.14 bits per heavy atom. The van der Waals surface area contributed by atoms with Crippen LogP contribution < -0.4 is 5.73 Å². The number of nitrogens with two attached hydrogens (primary N) is 1. The van der Waals surface area contributed by atoms with Crippen LogP contribution in [0.1, 0.15) is 21.5 Å². The zero-order valence-electron chi connectivity index (χ0n) is 12.0. The van der Waals surface area contributed by atoms with Crippen LogP contribution in [-0.4, -0.2) is 15.6 Å². The van der Waals surface area contributed by atoms with Gasteiger partial charge in [0.2, 0.25) is 0 Å². The molecule has 1 aromatic heterocycles. The molecule has 2 aromatic carbocycles. The Morgan fingerprint density at radius 3 is 2.50 bits per heavy atom. The van der Waals surface area contributed by atoms with E-state index < -0.39 is 0 Å². The van der Waals surface area contributed by atoms with E-state index in [1.165, 1.54) is 35.1 Å². The Labute approximate surface area is 127 Å². The third-order valence-corrected chi connectivity index (χ3v) is 3.50. The number of hydrogen-bond donors (Lipinski definition) is 1. The van der Waals surface area contributed by atoms with Gasteiger partial charge in [-0.2, -0.15) is 5.10 Å². The molecule has 0 aliphatic rings. The quantitative estimate of drug-likeness (QED) is 0.755. The Morgan fingerprint density at radius 2 is 1.82 bits per heavy atom. The highest BCUT2D eigenvalue weighted by molar-refractivity contribution is 6.11. The van der Waals surface area contributed by atoms with Crippen molar-refractivity contribution in [1.29, 1.82) is 0 Å². The zero-order valence-corrected chi connectivity index (χ0v) is 12.0. The molecule has 0 unspecified atom stereocenters. The van der Waals surface area contributed by atoms with Crippen LogP contribution >= 0.6 is 0 Å². The van der Waals surface area contributed by atoms with Crippen LogP contribution in [-0.2, 0) is 0 Å². The monoisotopic (exact) mass is 295 g/mol. The molecule has 0 aliphatic carbocycles. The molecule has 2 N–H and O–H groups in total. The molecule has 0 aliphatic heterocycles. The maximum absolute atomic E-state index is 12.9. The van der Waals surface area contributed by atoms with Crippen molar-refractivity contribution in [3.63, 3.8) is 0 Å². The average molecular weight is 295 g/mol. The van der Waals surface area contributed by atoms with E-state index in [4.69, 9.17) is 5.73 Å². The highest BCUT2D eigenvalue weighted by Crippen LogP contribution is 2.22. The third kappa shape index (κ3) is 2.37. The minimum atomic E-state index is -0.389. The number of carbonyl (C=O) groups is 1. The van der Waals surface area contributed by atoms with Gasteiger partial charge in [-0.3, -0.25) is 4.79 Å². The number of anilines is 1. The van der Waals surface area contributed by atoms with Gasteiger partial charge in [0.25, 0.3) is 0 Å². The van der Waals surface area contributed by atoms with Crippen molar-refractivity contribution in [2.45, 2.75) is 6.92 Å². The summed E-state index contributed by atoms with van der Waals surface area (Å²) in [6.07, 6.45) is 1.44. The number of carbonyl (C=O) groups excluding carboxylic acids is 1. The smallest absolute Gasteiger partial charge is 0.198 e. The van der Waals surface area contributed by atoms with Crippen molar-refractivity contribution >= 4 is 11.6 Å². The van der Waals surface area contributed by atoms with Crippen molar-refractivity contribution in [3.05, 3.63) is 77.2 Å². The number of hydrogen-bond acceptors (Lipinski definition) is 3. The van der Waals surface area contributed by atoms with E-state index in [-0.39, 0.29) is 17.4 Å². The van der Waals surface area contributed by atoms with Crippen LogP contribution in [0.5, 0.6) is 0 Å². The number of nitrogens with zero attached hydrogens (tertiary/aromatic N) is 2. The Hall–Kier alpha value is -2.95. The summed E-state index contributed by atoms with van der Waals surface area (Å²) in [6.45, 7) is 1.94. The lowest BCUT2D eigenvalue weighted by Crippen LogP contribution is -2.08. The van der Waals surface area contributed by atoms with Gasteiger partial charge in [0.1, 0.15) is 11.6 Å². The van der Waals surface area contributed by atoms with Gasteiger partial charge in [-0.25, -0.2) is 9.07 Å². The summed E-state index contributed by atoms with van der Waals surface area (Å²) in [4.78, 5) is 12.5. The van der Waals surface area contributed by atoms with Gasteiger partial charge in [0.05, 0.1) is 17.4 Å². The lowest BCUT2D eigenvalue weighted by Gasteiger charge is -2.08. The number of halogens is 1. The summed E-state index contributed by atoms with van der Waals surface area (Å²) < 4.78 is 14.5. The molecule has 3 rings (SSSR count). The molecule has 0 amide bonds. The van der Waals surface area contributed by atoms with E-state index in [1.807, 2.05) is 31.2 Å². The molecule has 0 spiro atoms. The molecule has 22 heavy (non-hydrogen) atoms. The fraction of sp³-hybridized carbons (Fsp3) is 0.0588. The van der Waals surface area contributed by atoms with Gasteiger partial charge in [-0.05, 0) is 42.8 Å². The summed E-state index contributed by atoms with van der Waals surface area (Å²) in [6, 6.07) is 13.0. The second kappa shape index (κ2) is 5.44. The highest BCUT2D eigenvalue weighted by atomic mass is 19.1. The van der Waals surface area contributed by atoms with Crippen molar-refractivity contribution in [2.75, 3.05) is 5.73 Å². The Kier molecular flexibility index (Phi) is 3.47. The van der Waals surface area contributed by atoms with Crippen molar-refractivity contribution in [3.8, 4) is 5.69 Å². The van der Waals surface area contributed by atoms with E-state index in [1.54, 1.807) is 0 Å². The molecule has 4 nitrogen and oxygen atoms in total. The van der Waals surface area contributed by atoms with Gasteiger partial charge in [-0.1, -0.05) is 18.2 Å². The second-order valence-corrected chi connectivity index (χ2v) is 4.98. The average Bonchev–Trinajstić information content (AvgIpc) is 2.89. The summed E-state index contributed by atoms with van der Waals surface area (Å²) in [5.74, 6) is -0.402. The van der Waals surface area contributed by atoms with E-state index in [0.717, 1.165) is 11.3 Å². The molecule has 0 radical (unpaired) electrons. The van der Waals surface area contributed by atoms with Crippen LogP contribution in [0.15, 0.2) is 54.7 Å². The first-order chi connectivity index (χ1) is 10.6. The van der Waals surface area contributed by atoms with Crippen molar-refractivity contribution in [2.24, 2.45) is 0 Å². The molecule has 0 saturated heterocycles. The number of aryl methyl sites for hydroxylation is 1. The predicted octanol–water partition coefficient (Wildman–Crippen LogP) is 3.13. The summed E-state index contributed by atoms with van der Waals surface area (Å²) in [7, 11) is 0. The maximum Gasteiger partial charge on any atom is 0.198 e. The van der Waals surface area contributed by atoms with E-state index in [0.29, 0.717) is 11.1 Å². The third-order valence-electron chi connectivity index (χ3n) is 3.50. The van der Waals surface area contributed by atoms with Crippen molar-refractivity contribution < 1.29 is 9.18 Å². The van der Waals surface area contributed by atoms with Crippen LogP contribution in [0.25, 0.3) is 5.69 Å². The number of rotatable bonds is 3. The fourth-order valence-corrected chi connectivity index (χ4v) is 2.28. The standard InChI is InChI=1S/C17H14FN3O/c1-11-4-2-3-5-15(11)21-17(19)14(10-20-21)16(22)12-6-8-13(18)9-7-12/h2-10H,19H2,1H3. The first kappa shape index (κ1) is 14.0. The Balaban J connectivity index is 2.02. The number of aromatic nitrogens is 2. The molecule has 1 heterocycles. The second-order valence-electron chi connectivity index (χ2n) is 4.98. The van der Waals surface area contributed by atoms with Crippen molar-refractivity contribution in [1.82, 2.24) is 9.78 Å². The predicted molar refractivity (Wildman–Crippen MR) is 82.5 cm³/mol. The van der Waals surface area contributed by atoms with E-state index in [9.17, 15) is 9.18 Å².